The fourth-order valence-corrected chi connectivity index (χ4v) is 3.37. The van der Waals surface area contributed by atoms with Crippen molar-refractivity contribution in [2.75, 3.05) is 20.3 Å². The first kappa shape index (κ1) is 25.5. The number of urea groups is 1. The molecule has 2 amide bonds. The standard InChI is InChI=1S/C24H27FN4O6/c1-4-34-19-11-16(22-21(23(31)33-3)14(2)27-24(32)28-22)7-10-18(19)35-13-20(30)29-26-12-15-5-8-17(25)9-6-15/h5-12,20,22,29-30H,4,13H2,1-3H3,(H2,27,28,32)/b26-12-/t20-,22+/m1/s1. The molecule has 2 aromatic carbocycles. The number of ether oxygens (including phenoxy) is 3. The monoisotopic (exact) mass is 486 g/mol. The highest BCUT2D eigenvalue weighted by Crippen LogP contribution is 2.34. The number of amides is 2. The summed E-state index contributed by atoms with van der Waals surface area (Å²) in [4.78, 5) is 24.4. The van der Waals surface area contributed by atoms with Crippen molar-refractivity contribution in [2.24, 2.45) is 5.10 Å². The van der Waals surface area contributed by atoms with Gasteiger partial charge in [-0.2, -0.15) is 5.10 Å². The summed E-state index contributed by atoms with van der Waals surface area (Å²) in [6.45, 7) is 3.59. The summed E-state index contributed by atoms with van der Waals surface area (Å²) in [7, 11) is 1.27. The predicted octanol–water partition coefficient (Wildman–Crippen LogP) is 2.35. The van der Waals surface area contributed by atoms with E-state index < -0.39 is 24.3 Å². The minimum absolute atomic E-state index is 0.156. The third-order valence-corrected chi connectivity index (χ3v) is 4.98. The number of halogens is 1. The zero-order valence-electron chi connectivity index (χ0n) is 19.5. The summed E-state index contributed by atoms with van der Waals surface area (Å²) >= 11 is 0. The van der Waals surface area contributed by atoms with Crippen molar-refractivity contribution in [3.63, 3.8) is 0 Å². The van der Waals surface area contributed by atoms with Gasteiger partial charge < -0.3 is 30.0 Å². The summed E-state index contributed by atoms with van der Waals surface area (Å²) < 4.78 is 29.2. The molecule has 4 N–H and O–H groups in total. The van der Waals surface area contributed by atoms with Crippen LogP contribution in [-0.4, -0.2) is 49.9 Å². The van der Waals surface area contributed by atoms with Crippen LogP contribution in [0.5, 0.6) is 11.5 Å². The van der Waals surface area contributed by atoms with Crippen LogP contribution in [0.2, 0.25) is 0 Å². The summed E-state index contributed by atoms with van der Waals surface area (Å²) in [5, 5.41) is 19.3. The van der Waals surface area contributed by atoms with Gasteiger partial charge in [-0.05, 0) is 49.2 Å². The van der Waals surface area contributed by atoms with Crippen molar-refractivity contribution < 1.29 is 33.3 Å². The molecule has 11 heteroatoms. The van der Waals surface area contributed by atoms with Gasteiger partial charge in [0.15, 0.2) is 17.7 Å². The van der Waals surface area contributed by atoms with Gasteiger partial charge in [-0.15, -0.1) is 0 Å². The topological polar surface area (TPSA) is 131 Å². The maximum absolute atomic E-state index is 13.0. The lowest BCUT2D eigenvalue weighted by Gasteiger charge is -2.28. The summed E-state index contributed by atoms with van der Waals surface area (Å²) in [5.41, 5.74) is 4.41. The van der Waals surface area contributed by atoms with E-state index >= 15 is 0 Å². The Hall–Kier alpha value is -4.12. The molecule has 186 valence electrons. The minimum atomic E-state index is -1.14. The van der Waals surface area contributed by atoms with Crippen molar-refractivity contribution in [3.05, 3.63) is 70.7 Å². The maximum Gasteiger partial charge on any atom is 0.337 e. The van der Waals surface area contributed by atoms with Gasteiger partial charge in [0.2, 0.25) is 0 Å². The quantitative estimate of drug-likeness (QED) is 0.176. The molecule has 0 saturated carbocycles. The number of rotatable bonds is 10. The Morgan fingerprint density at radius 2 is 1.97 bits per heavy atom. The molecule has 0 radical (unpaired) electrons. The van der Waals surface area contributed by atoms with Crippen LogP contribution in [0.15, 0.2) is 58.8 Å². The Morgan fingerprint density at radius 3 is 2.66 bits per heavy atom. The lowest BCUT2D eigenvalue weighted by atomic mass is 9.95. The second-order valence-corrected chi connectivity index (χ2v) is 7.47. The van der Waals surface area contributed by atoms with E-state index in [-0.39, 0.29) is 18.0 Å². The van der Waals surface area contributed by atoms with E-state index in [1.807, 2.05) is 0 Å². The largest absolute Gasteiger partial charge is 0.490 e. The van der Waals surface area contributed by atoms with Crippen LogP contribution >= 0.6 is 0 Å². The zero-order chi connectivity index (χ0) is 25.4. The third kappa shape index (κ3) is 6.70. The number of aliphatic hydroxyl groups is 1. The Bertz CT molecular complexity index is 1120. The highest BCUT2D eigenvalue weighted by atomic mass is 19.1. The maximum atomic E-state index is 13.0. The number of hydrazone groups is 1. The molecule has 1 heterocycles. The van der Waals surface area contributed by atoms with Crippen molar-refractivity contribution in [1.29, 1.82) is 0 Å². The van der Waals surface area contributed by atoms with E-state index in [2.05, 4.69) is 21.2 Å². The van der Waals surface area contributed by atoms with Gasteiger partial charge in [0.05, 0.1) is 31.5 Å². The van der Waals surface area contributed by atoms with Crippen LogP contribution in [0, 0.1) is 5.82 Å². The van der Waals surface area contributed by atoms with E-state index in [9.17, 15) is 19.1 Å². The number of aliphatic hydroxyl groups excluding tert-OH is 1. The molecule has 35 heavy (non-hydrogen) atoms. The molecule has 0 unspecified atom stereocenters. The van der Waals surface area contributed by atoms with Crippen molar-refractivity contribution >= 4 is 18.2 Å². The van der Waals surface area contributed by atoms with Crippen molar-refractivity contribution in [1.82, 2.24) is 16.1 Å². The van der Waals surface area contributed by atoms with Gasteiger partial charge in [0, 0.05) is 5.70 Å². The smallest absolute Gasteiger partial charge is 0.337 e. The lowest BCUT2D eigenvalue weighted by Crippen LogP contribution is -2.45. The van der Waals surface area contributed by atoms with Gasteiger partial charge >= 0.3 is 12.0 Å². The first-order valence-corrected chi connectivity index (χ1v) is 10.8. The first-order chi connectivity index (χ1) is 16.8. The second-order valence-electron chi connectivity index (χ2n) is 7.47. The van der Waals surface area contributed by atoms with Crippen LogP contribution in [0.1, 0.15) is 31.0 Å². The molecule has 0 fully saturated rings. The van der Waals surface area contributed by atoms with Crippen molar-refractivity contribution in [2.45, 2.75) is 26.1 Å². The SMILES string of the molecule is CCOc1cc([C@@H]2NC(=O)NC(C)=C2C(=O)OC)ccc1OC[C@@H](O)N/N=C\c1ccc(F)cc1. The molecular weight excluding hydrogens is 459 g/mol. The number of hydrogen-bond donors (Lipinski definition) is 4. The van der Waals surface area contributed by atoms with Crippen LogP contribution in [-0.2, 0) is 9.53 Å². The number of nitrogens with zero attached hydrogens (tertiary/aromatic N) is 1. The lowest BCUT2D eigenvalue weighted by molar-refractivity contribution is -0.136. The van der Waals surface area contributed by atoms with E-state index in [4.69, 9.17) is 14.2 Å². The van der Waals surface area contributed by atoms with Gasteiger partial charge in [-0.25, -0.2) is 14.0 Å². The molecule has 1 aliphatic rings. The van der Waals surface area contributed by atoms with Crippen LogP contribution in [0.4, 0.5) is 9.18 Å². The van der Waals surface area contributed by atoms with Crippen LogP contribution < -0.4 is 25.5 Å². The normalized spacial score (nSPS) is 16.4. The molecule has 2 aromatic rings. The Morgan fingerprint density at radius 1 is 1.23 bits per heavy atom. The number of allylic oxidation sites excluding steroid dienone is 1. The number of benzene rings is 2. The minimum Gasteiger partial charge on any atom is -0.490 e. The molecule has 0 aromatic heterocycles. The number of nitrogens with one attached hydrogen (secondary N) is 3. The first-order valence-electron chi connectivity index (χ1n) is 10.8. The van der Waals surface area contributed by atoms with Crippen LogP contribution in [0.25, 0.3) is 0 Å². The average Bonchev–Trinajstić information content (AvgIpc) is 2.83. The fraction of sp³-hybridized carbons (Fsp3) is 0.292. The Kier molecular flexibility index (Phi) is 8.63. The van der Waals surface area contributed by atoms with Gasteiger partial charge in [-0.3, -0.25) is 5.43 Å². The summed E-state index contributed by atoms with van der Waals surface area (Å²) in [5.74, 6) is -0.218. The molecule has 1 aliphatic heterocycles. The van der Waals surface area contributed by atoms with E-state index in [0.29, 0.717) is 34.9 Å². The molecule has 2 atom stereocenters. The van der Waals surface area contributed by atoms with Crippen molar-refractivity contribution in [3.8, 4) is 11.5 Å². The third-order valence-electron chi connectivity index (χ3n) is 4.98. The average molecular weight is 487 g/mol. The molecule has 0 spiro atoms. The Labute approximate surface area is 201 Å². The predicted molar refractivity (Wildman–Crippen MR) is 125 cm³/mol. The van der Waals surface area contributed by atoms with E-state index in [0.717, 1.165) is 0 Å². The van der Waals surface area contributed by atoms with Gasteiger partial charge in [-0.1, -0.05) is 18.2 Å². The van der Waals surface area contributed by atoms with Crippen LogP contribution in [0.3, 0.4) is 0 Å². The van der Waals surface area contributed by atoms with Gasteiger partial charge in [0.1, 0.15) is 12.4 Å². The highest BCUT2D eigenvalue weighted by molar-refractivity contribution is 5.95. The zero-order valence-corrected chi connectivity index (χ0v) is 19.5. The number of hydrogen-bond acceptors (Lipinski definition) is 8. The fourth-order valence-electron chi connectivity index (χ4n) is 3.37. The highest BCUT2D eigenvalue weighted by Gasteiger charge is 2.32. The van der Waals surface area contributed by atoms with E-state index in [1.165, 1.54) is 25.5 Å². The van der Waals surface area contributed by atoms with E-state index in [1.54, 1.807) is 44.2 Å². The van der Waals surface area contributed by atoms with Gasteiger partial charge in [0.25, 0.3) is 0 Å². The molecule has 10 nitrogen and oxygen atoms in total. The number of carbonyl (C=O) groups is 2. The summed E-state index contributed by atoms with van der Waals surface area (Å²) in [6.07, 6.45) is 0.297. The number of esters is 1. The molecule has 0 bridgehead atoms. The number of carbonyl (C=O) groups excluding carboxylic acids is 2. The summed E-state index contributed by atoms with van der Waals surface area (Å²) in [6, 6.07) is 9.45. The molecule has 3 rings (SSSR count). The second kappa shape index (κ2) is 11.8. The number of methoxy groups -OCH3 is 1. The Balaban J connectivity index is 1.71. The molecule has 0 aliphatic carbocycles. The molecular formula is C24H27FN4O6. The molecule has 0 saturated heterocycles.